The Morgan fingerprint density at radius 1 is 1.38 bits per heavy atom. The second kappa shape index (κ2) is 4.95. The summed E-state index contributed by atoms with van der Waals surface area (Å²) in [5.41, 5.74) is 0. The summed E-state index contributed by atoms with van der Waals surface area (Å²) in [5, 5.41) is 2.44. The van der Waals surface area contributed by atoms with Crippen molar-refractivity contribution in [2.75, 3.05) is 13.1 Å². The third kappa shape index (κ3) is 2.43. The molecule has 0 radical (unpaired) electrons. The Morgan fingerprint density at radius 2 is 2.19 bits per heavy atom. The highest BCUT2D eigenvalue weighted by Crippen LogP contribution is 2.23. The molecule has 2 saturated heterocycles. The molecule has 2 aliphatic heterocycles. The maximum Gasteiger partial charge on any atom is 0.243 e. The van der Waals surface area contributed by atoms with Crippen LogP contribution in [0.2, 0.25) is 0 Å². The van der Waals surface area contributed by atoms with Crippen molar-refractivity contribution in [2.45, 2.75) is 45.1 Å². The van der Waals surface area contributed by atoms with Gasteiger partial charge in [0, 0.05) is 13.0 Å². The van der Waals surface area contributed by atoms with Gasteiger partial charge in [-0.2, -0.15) is 0 Å². The van der Waals surface area contributed by atoms with Crippen LogP contribution in [0.25, 0.3) is 0 Å². The molecule has 2 heterocycles. The van der Waals surface area contributed by atoms with E-state index in [1.807, 2.05) is 0 Å². The number of piperidine rings is 2. The standard InChI is InChI=1S/C12H20N2O2/c1-2-9-4-3-7-14(8-9)10-5-6-11(15)13-12(10)16/h9-10H,2-8H2,1H3,(H,13,15,16). The first-order valence-corrected chi connectivity index (χ1v) is 6.28. The van der Waals surface area contributed by atoms with E-state index < -0.39 is 0 Å². The molecule has 4 heteroatoms. The topological polar surface area (TPSA) is 49.4 Å². The van der Waals surface area contributed by atoms with E-state index in [4.69, 9.17) is 0 Å². The summed E-state index contributed by atoms with van der Waals surface area (Å²) in [4.78, 5) is 25.1. The van der Waals surface area contributed by atoms with E-state index in [2.05, 4.69) is 17.1 Å². The summed E-state index contributed by atoms with van der Waals surface area (Å²) < 4.78 is 0. The highest BCUT2D eigenvalue weighted by Gasteiger charge is 2.33. The highest BCUT2D eigenvalue weighted by atomic mass is 16.2. The third-order valence-corrected chi connectivity index (χ3v) is 3.78. The molecular formula is C12H20N2O2. The van der Waals surface area contributed by atoms with E-state index in [0.717, 1.165) is 19.0 Å². The van der Waals surface area contributed by atoms with Crippen LogP contribution in [-0.4, -0.2) is 35.8 Å². The lowest BCUT2D eigenvalue weighted by Crippen LogP contribution is -2.54. The molecule has 2 fully saturated rings. The van der Waals surface area contributed by atoms with Crippen molar-refractivity contribution >= 4 is 11.8 Å². The minimum atomic E-state index is -0.120. The number of carbonyl (C=O) groups excluding carboxylic acids is 2. The second-order valence-electron chi connectivity index (χ2n) is 4.88. The minimum Gasteiger partial charge on any atom is -0.295 e. The molecule has 0 aromatic heterocycles. The monoisotopic (exact) mass is 224 g/mol. The molecule has 2 unspecified atom stereocenters. The molecular weight excluding hydrogens is 204 g/mol. The smallest absolute Gasteiger partial charge is 0.243 e. The Hall–Kier alpha value is -0.900. The average molecular weight is 224 g/mol. The largest absolute Gasteiger partial charge is 0.295 e. The average Bonchev–Trinajstić information content (AvgIpc) is 2.29. The van der Waals surface area contributed by atoms with Gasteiger partial charge in [0.1, 0.15) is 0 Å². The van der Waals surface area contributed by atoms with Crippen LogP contribution in [-0.2, 0) is 9.59 Å². The van der Waals surface area contributed by atoms with Crippen LogP contribution < -0.4 is 5.32 Å². The molecule has 0 aromatic rings. The Bertz CT molecular complexity index is 291. The molecule has 2 rings (SSSR count). The van der Waals surface area contributed by atoms with Crippen molar-refractivity contribution < 1.29 is 9.59 Å². The van der Waals surface area contributed by atoms with Gasteiger partial charge in [-0.25, -0.2) is 0 Å². The van der Waals surface area contributed by atoms with Crippen molar-refractivity contribution in [2.24, 2.45) is 5.92 Å². The normalized spacial score (nSPS) is 32.6. The van der Waals surface area contributed by atoms with Crippen molar-refractivity contribution in [1.82, 2.24) is 10.2 Å². The fourth-order valence-corrected chi connectivity index (χ4v) is 2.74. The Morgan fingerprint density at radius 3 is 2.88 bits per heavy atom. The molecule has 4 nitrogen and oxygen atoms in total. The number of carbonyl (C=O) groups is 2. The number of amides is 2. The first-order chi connectivity index (χ1) is 7.70. The SMILES string of the molecule is CCC1CCCN(C2CCC(=O)NC2=O)C1. The van der Waals surface area contributed by atoms with Crippen LogP contribution in [0.15, 0.2) is 0 Å². The summed E-state index contributed by atoms with van der Waals surface area (Å²) in [6, 6.07) is -0.0629. The zero-order valence-corrected chi connectivity index (χ0v) is 9.87. The van der Waals surface area contributed by atoms with Crippen LogP contribution in [0.1, 0.15) is 39.0 Å². The molecule has 90 valence electrons. The van der Waals surface area contributed by atoms with Gasteiger partial charge in [-0.3, -0.25) is 19.8 Å². The van der Waals surface area contributed by atoms with Gasteiger partial charge in [0.05, 0.1) is 6.04 Å². The zero-order chi connectivity index (χ0) is 11.5. The molecule has 0 aromatic carbocycles. The molecule has 0 bridgehead atoms. The van der Waals surface area contributed by atoms with Gasteiger partial charge in [0.15, 0.2) is 0 Å². The van der Waals surface area contributed by atoms with E-state index in [0.29, 0.717) is 12.8 Å². The minimum absolute atomic E-state index is 0.0629. The lowest BCUT2D eigenvalue weighted by Gasteiger charge is -2.38. The zero-order valence-electron chi connectivity index (χ0n) is 9.87. The summed E-state index contributed by atoms with van der Waals surface area (Å²) in [7, 11) is 0. The second-order valence-corrected chi connectivity index (χ2v) is 4.88. The molecule has 2 aliphatic rings. The van der Waals surface area contributed by atoms with Gasteiger partial charge in [0.25, 0.3) is 0 Å². The summed E-state index contributed by atoms with van der Waals surface area (Å²) >= 11 is 0. The molecule has 0 aliphatic carbocycles. The molecule has 0 saturated carbocycles. The first kappa shape index (κ1) is 11.6. The van der Waals surface area contributed by atoms with Crippen LogP contribution in [0.4, 0.5) is 0 Å². The fraction of sp³-hybridized carbons (Fsp3) is 0.833. The quantitative estimate of drug-likeness (QED) is 0.709. The maximum absolute atomic E-state index is 11.7. The molecule has 2 amide bonds. The van der Waals surface area contributed by atoms with Gasteiger partial charge in [-0.15, -0.1) is 0 Å². The van der Waals surface area contributed by atoms with Crippen LogP contribution in [0.5, 0.6) is 0 Å². The maximum atomic E-state index is 11.7. The number of hydrogen-bond donors (Lipinski definition) is 1. The summed E-state index contributed by atoms with van der Waals surface area (Å²) in [5.74, 6) is 0.512. The molecule has 16 heavy (non-hydrogen) atoms. The van der Waals surface area contributed by atoms with Crippen molar-refractivity contribution in [3.8, 4) is 0 Å². The van der Waals surface area contributed by atoms with E-state index in [9.17, 15) is 9.59 Å². The van der Waals surface area contributed by atoms with Crippen LogP contribution >= 0.6 is 0 Å². The van der Waals surface area contributed by atoms with Gasteiger partial charge < -0.3 is 0 Å². The van der Waals surface area contributed by atoms with Gasteiger partial charge >= 0.3 is 0 Å². The van der Waals surface area contributed by atoms with Crippen molar-refractivity contribution in [1.29, 1.82) is 0 Å². The number of hydrogen-bond acceptors (Lipinski definition) is 3. The molecule has 0 spiro atoms. The van der Waals surface area contributed by atoms with Gasteiger partial charge in [-0.1, -0.05) is 13.3 Å². The van der Waals surface area contributed by atoms with Crippen molar-refractivity contribution in [3.63, 3.8) is 0 Å². The Kier molecular flexibility index (Phi) is 3.59. The molecule has 2 atom stereocenters. The highest BCUT2D eigenvalue weighted by molar-refractivity contribution is 6.00. The molecule has 1 N–H and O–H groups in total. The third-order valence-electron chi connectivity index (χ3n) is 3.78. The first-order valence-electron chi connectivity index (χ1n) is 6.28. The predicted molar refractivity (Wildman–Crippen MR) is 60.8 cm³/mol. The summed E-state index contributed by atoms with van der Waals surface area (Å²) in [6.07, 6.45) is 4.82. The van der Waals surface area contributed by atoms with E-state index in [-0.39, 0.29) is 17.9 Å². The number of nitrogens with one attached hydrogen (secondary N) is 1. The van der Waals surface area contributed by atoms with Crippen LogP contribution in [0.3, 0.4) is 0 Å². The number of likely N-dealkylation sites (tertiary alicyclic amines) is 1. The predicted octanol–water partition coefficient (Wildman–Crippen LogP) is 0.914. The van der Waals surface area contributed by atoms with E-state index in [1.165, 1.54) is 19.3 Å². The number of nitrogens with zero attached hydrogens (tertiary/aromatic N) is 1. The summed E-state index contributed by atoms with van der Waals surface area (Å²) in [6.45, 7) is 4.23. The van der Waals surface area contributed by atoms with Crippen LogP contribution in [0, 0.1) is 5.92 Å². The number of imide groups is 1. The fourth-order valence-electron chi connectivity index (χ4n) is 2.74. The lowest BCUT2D eigenvalue weighted by atomic mass is 9.93. The van der Waals surface area contributed by atoms with Crippen molar-refractivity contribution in [3.05, 3.63) is 0 Å². The Labute approximate surface area is 96.4 Å². The van der Waals surface area contributed by atoms with E-state index >= 15 is 0 Å². The van der Waals surface area contributed by atoms with Gasteiger partial charge in [-0.05, 0) is 31.7 Å². The number of rotatable bonds is 2. The Balaban J connectivity index is 1.96. The lowest BCUT2D eigenvalue weighted by molar-refractivity contribution is -0.138. The van der Waals surface area contributed by atoms with Gasteiger partial charge in [0.2, 0.25) is 11.8 Å². The van der Waals surface area contributed by atoms with E-state index in [1.54, 1.807) is 0 Å².